The average molecular weight is 403 g/mol. The Bertz CT molecular complexity index is 1050. The first-order valence-electron chi connectivity index (χ1n) is 8.65. The zero-order valence-corrected chi connectivity index (χ0v) is 16.0. The molecular weight excluding hydrogens is 382 g/mol. The monoisotopic (exact) mass is 403 g/mol. The number of phenols is 1. The summed E-state index contributed by atoms with van der Waals surface area (Å²) < 4.78 is 26.6. The number of benzene rings is 2. The fourth-order valence-electron chi connectivity index (χ4n) is 3.28. The Kier molecular flexibility index (Phi) is 5.19. The van der Waals surface area contributed by atoms with E-state index in [9.17, 15) is 23.4 Å². The molecule has 5 N–H and O–H groups in total. The summed E-state index contributed by atoms with van der Waals surface area (Å²) in [5, 5.41) is 19.7. The number of aliphatic hydroxyl groups is 1. The summed E-state index contributed by atoms with van der Waals surface area (Å²) in [5.41, 5.74) is 7.99. The van der Waals surface area contributed by atoms with Crippen LogP contribution in [0.1, 0.15) is 36.0 Å². The summed E-state index contributed by atoms with van der Waals surface area (Å²) >= 11 is 0. The summed E-state index contributed by atoms with van der Waals surface area (Å²) in [6.07, 6.45) is 1.98. The number of carbonyl (C=O) groups excluding carboxylic acids is 1. The van der Waals surface area contributed by atoms with E-state index in [2.05, 4.69) is 0 Å². The van der Waals surface area contributed by atoms with E-state index in [4.69, 9.17) is 5.73 Å². The number of aromatic hydroxyl groups is 1. The fourth-order valence-corrected chi connectivity index (χ4v) is 4.35. The molecule has 2 aromatic carbocycles. The van der Waals surface area contributed by atoms with Gasteiger partial charge in [0.2, 0.25) is 11.8 Å². The predicted molar refractivity (Wildman–Crippen MR) is 105 cm³/mol. The van der Waals surface area contributed by atoms with Gasteiger partial charge >= 0.3 is 10.2 Å². The van der Waals surface area contributed by atoms with Crippen LogP contribution in [-0.2, 0) is 21.4 Å². The number of hydrogen-bond donors (Lipinski definition) is 4. The normalized spacial score (nSPS) is 16.3. The van der Waals surface area contributed by atoms with Gasteiger partial charge in [-0.25, -0.2) is 9.03 Å². The Hall–Kier alpha value is -3.20. The maximum atomic E-state index is 12.0. The van der Waals surface area contributed by atoms with E-state index in [1.54, 1.807) is 6.07 Å². The standard InChI is InChI=1S/C19H21N3O5S/c1-2-14(19(20)25)15-6-4-3-5-13(15)9-12-7-8-16(17(23)10-12)22-11-18(24)21-28(22,26)27/h3-8,10-11,14,21,23-24H,2,9H2,1H3,(H2,20,25). The van der Waals surface area contributed by atoms with Crippen molar-refractivity contribution in [2.75, 3.05) is 4.31 Å². The molecular formula is C19H21N3O5S. The quantitative estimate of drug-likeness (QED) is 0.585. The molecule has 1 atom stereocenters. The molecule has 9 heteroatoms. The molecule has 0 saturated heterocycles. The van der Waals surface area contributed by atoms with E-state index in [1.165, 1.54) is 12.1 Å². The molecule has 8 nitrogen and oxygen atoms in total. The van der Waals surface area contributed by atoms with Crippen molar-refractivity contribution in [3.05, 3.63) is 71.2 Å². The van der Waals surface area contributed by atoms with Gasteiger partial charge in [0.05, 0.1) is 12.1 Å². The van der Waals surface area contributed by atoms with E-state index in [0.29, 0.717) is 12.8 Å². The number of nitrogens with zero attached hydrogens (tertiary/aromatic N) is 1. The van der Waals surface area contributed by atoms with Crippen molar-refractivity contribution >= 4 is 21.8 Å². The number of anilines is 1. The number of hydrogen-bond acceptors (Lipinski definition) is 5. The Labute approximate surface area is 163 Å². The molecule has 0 fully saturated rings. The van der Waals surface area contributed by atoms with E-state index < -0.39 is 27.9 Å². The molecule has 3 rings (SSSR count). The molecule has 0 spiro atoms. The van der Waals surface area contributed by atoms with Gasteiger partial charge in [0, 0.05) is 0 Å². The van der Waals surface area contributed by atoms with Crippen molar-refractivity contribution in [2.45, 2.75) is 25.7 Å². The minimum atomic E-state index is -3.99. The lowest BCUT2D eigenvalue weighted by atomic mass is 9.89. The maximum absolute atomic E-state index is 12.0. The number of nitrogens with one attached hydrogen (secondary N) is 1. The SMILES string of the molecule is CCC(C(N)=O)c1ccccc1Cc1ccc(N2C=C(O)NS2(=O)=O)c(O)c1. The Balaban J connectivity index is 1.92. The first kappa shape index (κ1) is 19.6. The second-order valence-electron chi connectivity index (χ2n) is 6.48. The summed E-state index contributed by atoms with van der Waals surface area (Å²) in [6.45, 7) is 1.89. The molecule has 0 radical (unpaired) electrons. The Morgan fingerprint density at radius 3 is 2.50 bits per heavy atom. The van der Waals surface area contributed by atoms with Crippen molar-refractivity contribution in [2.24, 2.45) is 5.73 Å². The third kappa shape index (κ3) is 3.74. The van der Waals surface area contributed by atoms with Gasteiger partial charge in [0.1, 0.15) is 11.4 Å². The van der Waals surface area contributed by atoms with Gasteiger partial charge < -0.3 is 15.9 Å². The number of rotatable bonds is 6. The zero-order valence-electron chi connectivity index (χ0n) is 15.2. The minimum Gasteiger partial charge on any atom is -0.506 e. The second kappa shape index (κ2) is 7.43. The van der Waals surface area contributed by atoms with Crippen LogP contribution in [0.25, 0.3) is 0 Å². The number of phenolic OH excluding ortho intramolecular Hbond substituents is 1. The van der Waals surface area contributed by atoms with E-state index in [0.717, 1.165) is 27.2 Å². The number of carbonyl (C=O) groups is 1. The molecule has 1 aliphatic rings. The predicted octanol–water partition coefficient (Wildman–Crippen LogP) is 1.97. The van der Waals surface area contributed by atoms with Crippen LogP contribution in [0.5, 0.6) is 5.75 Å². The van der Waals surface area contributed by atoms with Gasteiger partial charge in [-0.3, -0.25) is 4.79 Å². The third-order valence-electron chi connectivity index (χ3n) is 4.59. The van der Waals surface area contributed by atoms with Crippen LogP contribution in [0, 0.1) is 0 Å². The molecule has 0 aliphatic carbocycles. The van der Waals surface area contributed by atoms with Gasteiger partial charge in [-0.2, -0.15) is 8.42 Å². The van der Waals surface area contributed by atoms with Gasteiger partial charge in [-0.1, -0.05) is 37.3 Å². The summed E-state index contributed by atoms with van der Waals surface area (Å²) in [4.78, 5) is 11.8. The van der Waals surface area contributed by atoms with E-state index in [-0.39, 0.29) is 11.4 Å². The topological polar surface area (TPSA) is 133 Å². The summed E-state index contributed by atoms with van der Waals surface area (Å²) in [7, 11) is -3.99. The van der Waals surface area contributed by atoms with Crippen molar-refractivity contribution in [1.29, 1.82) is 0 Å². The largest absolute Gasteiger partial charge is 0.506 e. The molecule has 1 unspecified atom stereocenters. The molecule has 1 amide bonds. The molecule has 0 aromatic heterocycles. The number of amides is 1. The first-order valence-corrected chi connectivity index (χ1v) is 10.1. The summed E-state index contributed by atoms with van der Waals surface area (Å²) in [6, 6.07) is 12.0. The molecule has 148 valence electrons. The second-order valence-corrected chi connectivity index (χ2v) is 8.03. The molecule has 1 heterocycles. The van der Waals surface area contributed by atoms with Crippen molar-refractivity contribution < 1.29 is 23.4 Å². The van der Waals surface area contributed by atoms with Gasteiger partial charge in [-0.05, 0) is 41.7 Å². The van der Waals surface area contributed by atoms with E-state index in [1.807, 2.05) is 35.9 Å². The van der Waals surface area contributed by atoms with Crippen LogP contribution in [-0.4, -0.2) is 24.5 Å². The Morgan fingerprint density at radius 2 is 1.93 bits per heavy atom. The maximum Gasteiger partial charge on any atom is 0.330 e. The lowest BCUT2D eigenvalue weighted by Gasteiger charge is -2.18. The van der Waals surface area contributed by atoms with Crippen molar-refractivity contribution in [3.63, 3.8) is 0 Å². The third-order valence-corrected chi connectivity index (χ3v) is 5.87. The van der Waals surface area contributed by atoms with E-state index >= 15 is 0 Å². The number of aliphatic hydroxyl groups excluding tert-OH is 1. The van der Waals surface area contributed by atoms with Crippen LogP contribution in [0.3, 0.4) is 0 Å². The van der Waals surface area contributed by atoms with Gasteiger partial charge in [0.25, 0.3) is 0 Å². The minimum absolute atomic E-state index is 0.0113. The Morgan fingerprint density at radius 1 is 1.21 bits per heavy atom. The molecule has 2 aromatic rings. The highest BCUT2D eigenvalue weighted by Gasteiger charge is 2.30. The highest BCUT2D eigenvalue weighted by atomic mass is 32.2. The van der Waals surface area contributed by atoms with Crippen molar-refractivity contribution in [1.82, 2.24) is 4.72 Å². The fraction of sp³-hybridized carbons (Fsp3) is 0.211. The van der Waals surface area contributed by atoms with Gasteiger partial charge in [-0.15, -0.1) is 0 Å². The number of primary amides is 1. The molecule has 0 saturated carbocycles. The highest BCUT2D eigenvalue weighted by Crippen LogP contribution is 2.33. The zero-order chi connectivity index (χ0) is 20.5. The molecule has 0 bridgehead atoms. The lowest BCUT2D eigenvalue weighted by molar-refractivity contribution is -0.119. The van der Waals surface area contributed by atoms with Crippen LogP contribution in [0.4, 0.5) is 5.69 Å². The van der Waals surface area contributed by atoms with Crippen LogP contribution in [0.15, 0.2) is 54.5 Å². The van der Waals surface area contributed by atoms with Gasteiger partial charge in [0.15, 0.2) is 0 Å². The van der Waals surface area contributed by atoms with Crippen molar-refractivity contribution in [3.8, 4) is 5.75 Å². The summed E-state index contributed by atoms with van der Waals surface area (Å²) in [5.74, 6) is -1.59. The molecule has 1 aliphatic heterocycles. The van der Waals surface area contributed by atoms with Crippen LogP contribution in [0.2, 0.25) is 0 Å². The number of nitrogens with two attached hydrogens (primary N) is 1. The highest BCUT2D eigenvalue weighted by molar-refractivity contribution is 7.91. The first-order chi connectivity index (χ1) is 13.2. The van der Waals surface area contributed by atoms with Crippen LogP contribution >= 0.6 is 0 Å². The van der Waals surface area contributed by atoms with Crippen LogP contribution < -0.4 is 14.8 Å². The lowest BCUT2D eigenvalue weighted by Crippen LogP contribution is -2.29. The smallest absolute Gasteiger partial charge is 0.330 e. The molecule has 28 heavy (non-hydrogen) atoms. The average Bonchev–Trinajstić information content (AvgIpc) is 2.89.